The molecule has 0 amide bonds. The second-order valence-electron chi connectivity index (χ2n) is 5.27. The van der Waals surface area contributed by atoms with Gasteiger partial charge in [-0.15, -0.1) is 0 Å². The number of nitrogens with zero attached hydrogens (tertiary/aromatic N) is 3. The van der Waals surface area contributed by atoms with Gasteiger partial charge < -0.3 is 5.73 Å². The van der Waals surface area contributed by atoms with Crippen LogP contribution in [0.2, 0.25) is 0 Å². The van der Waals surface area contributed by atoms with Gasteiger partial charge in [0.15, 0.2) is 0 Å². The Morgan fingerprint density at radius 3 is 2.64 bits per heavy atom. The molecule has 2 aromatic rings. The van der Waals surface area contributed by atoms with Crippen LogP contribution in [0.5, 0.6) is 0 Å². The van der Waals surface area contributed by atoms with Crippen molar-refractivity contribution in [2.45, 2.75) is 33.7 Å². The first-order valence-corrected chi connectivity index (χ1v) is 7.40. The third kappa shape index (κ3) is 2.81. The van der Waals surface area contributed by atoms with Crippen LogP contribution in [0, 0.1) is 20.8 Å². The quantitative estimate of drug-likeness (QED) is 0.855. The largest absolute Gasteiger partial charge is 0.389 e. The minimum absolute atomic E-state index is 0.276. The molecule has 2 N–H and O–H groups in total. The van der Waals surface area contributed by atoms with Crippen molar-refractivity contribution in [1.82, 2.24) is 14.3 Å². The first-order valence-electron chi connectivity index (χ1n) is 6.99. The first-order chi connectivity index (χ1) is 10.4. The molecule has 0 saturated carbocycles. The lowest BCUT2D eigenvalue weighted by atomic mass is 9.97. The molecule has 118 valence electrons. The average Bonchev–Trinajstić information content (AvgIpc) is 2.82. The molecular weight excluding hydrogens is 303 g/mol. The molecule has 22 heavy (non-hydrogen) atoms. The molecule has 0 aliphatic carbocycles. The van der Waals surface area contributed by atoms with Crippen molar-refractivity contribution in [2.24, 2.45) is 5.73 Å². The highest BCUT2D eigenvalue weighted by Gasteiger charge is 2.16. The summed E-state index contributed by atoms with van der Waals surface area (Å²) < 4.78 is 15.0. The van der Waals surface area contributed by atoms with Gasteiger partial charge in [0.05, 0.1) is 12.4 Å². The van der Waals surface area contributed by atoms with E-state index in [1.165, 1.54) is 15.6 Å². The summed E-state index contributed by atoms with van der Waals surface area (Å²) in [6, 6.07) is 1.87. The Kier molecular flexibility index (Phi) is 4.75. The van der Waals surface area contributed by atoms with Crippen molar-refractivity contribution < 1.29 is 4.39 Å². The van der Waals surface area contributed by atoms with E-state index in [0.717, 1.165) is 27.9 Å². The van der Waals surface area contributed by atoms with Crippen LogP contribution in [0.1, 0.15) is 28.7 Å². The highest BCUT2D eigenvalue weighted by molar-refractivity contribution is 7.80. The molecule has 0 aliphatic heterocycles. The van der Waals surface area contributed by atoms with Crippen LogP contribution in [0.4, 0.5) is 4.39 Å². The standard InChI is InChI=1S/C15H19FN4OS/c1-9-7-12(14(17)22)10(2)11(3)13(9)20-15(21)19(8-18-20)6-4-5-16/h7-8H,4-6H2,1-3H3,(H2,17,22). The van der Waals surface area contributed by atoms with E-state index < -0.39 is 6.67 Å². The van der Waals surface area contributed by atoms with E-state index in [-0.39, 0.29) is 5.69 Å². The van der Waals surface area contributed by atoms with Gasteiger partial charge >= 0.3 is 5.69 Å². The highest BCUT2D eigenvalue weighted by atomic mass is 32.1. The summed E-state index contributed by atoms with van der Waals surface area (Å²) in [7, 11) is 0. The van der Waals surface area contributed by atoms with Crippen LogP contribution in [0.3, 0.4) is 0 Å². The summed E-state index contributed by atoms with van der Waals surface area (Å²) in [4.78, 5) is 12.7. The maximum atomic E-state index is 12.4. The Balaban J connectivity index is 2.59. The number of nitrogens with two attached hydrogens (primary N) is 1. The molecule has 0 aliphatic rings. The highest BCUT2D eigenvalue weighted by Crippen LogP contribution is 2.24. The van der Waals surface area contributed by atoms with Gasteiger partial charge in [0.25, 0.3) is 0 Å². The summed E-state index contributed by atoms with van der Waals surface area (Å²) in [5.41, 5.74) is 9.69. The number of alkyl halides is 1. The van der Waals surface area contributed by atoms with E-state index in [2.05, 4.69) is 5.10 Å². The third-order valence-corrected chi connectivity index (χ3v) is 4.02. The number of benzene rings is 1. The summed E-state index contributed by atoms with van der Waals surface area (Å²) in [6.07, 6.45) is 1.73. The zero-order chi connectivity index (χ0) is 16.4. The number of aromatic nitrogens is 3. The number of rotatable bonds is 5. The summed E-state index contributed by atoms with van der Waals surface area (Å²) in [5, 5.41) is 4.16. The number of hydrogen-bond acceptors (Lipinski definition) is 3. The van der Waals surface area contributed by atoms with Crippen molar-refractivity contribution in [3.63, 3.8) is 0 Å². The molecule has 1 heterocycles. The van der Waals surface area contributed by atoms with E-state index >= 15 is 0 Å². The van der Waals surface area contributed by atoms with Crippen LogP contribution < -0.4 is 11.4 Å². The first kappa shape index (κ1) is 16.4. The van der Waals surface area contributed by atoms with Gasteiger partial charge in [-0.25, -0.2) is 4.79 Å². The van der Waals surface area contributed by atoms with Gasteiger partial charge in [-0.05, 0) is 49.9 Å². The van der Waals surface area contributed by atoms with E-state index in [4.69, 9.17) is 18.0 Å². The van der Waals surface area contributed by atoms with Crippen LogP contribution in [-0.2, 0) is 6.54 Å². The van der Waals surface area contributed by atoms with Gasteiger partial charge in [0.1, 0.15) is 11.3 Å². The maximum Gasteiger partial charge on any atom is 0.350 e. The summed E-state index contributed by atoms with van der Waals surface area (Å²) >= 11 is 5.06. The normalized spacial score (nSPS) is 10.9. The van der Waals surface area contributed by atoms with Gasteiger partial charge in [-0.1, -0.05) is 12.2 Å². The SMILES string of the molecule is Cc1cc(C(N)=S)c(C)c(C)c1-n1ncn(CCCF)c1=O. The molecule has 5 nitrogen and oxygen atoms in total. The Morgan fingerprint density at radius 1 is 1.36 bits per heavy atom. The molecule has 0 spiro atoms. The zero-order valence-electron chi connectivity index (χ0n) is 12.9. The minimum Gasteiger partial charge on any atom is -0.389 e. The average molecular weight is 322 g/mol. The Bertz CT molecular complexity index is 779. The van der Waals surface area contributed by atoms with E-state index in [0.29, 0.717) is 18.0 Å². The van der Waals surface area contributed by atoms with Crippen LogP contribution >= 0.6 is 12.2 Å². The molecule has 1 aromatic carbocycles. The number of aryl methyl sites for hydroxylation is 2. The van der Waals surface area contributed by atoms with E-state index in [1.807, 2.05) is 26.8 Å². The maximum absolute atomic E-state index is 12.4. The van der Waals surface area contributed by atoms with Crippen molar-refractivity contribution in [1.29, 1.82) is 0 Å². The Labute approximate surface area is 133 Å². The zero-order valence-corrected chi connectivity index (χ0v) is 13.7. The second-order valence-corrected chi connectivity index (χ2v) is 5.70. The van der Waals surface area contributed by atoms with Crippen molar-refractivity contribution in [3.8, 4) is 5.69 Å². The molecule has 1 aromatic heterocycles. The summed E-state index contributed by atoms with van der Waals surface area (Å²) in [6.45, 7) is 5.57. The van der Waals surface area contributed by atoms with E-state index in [1.54, 1.807) is 0 Å². The fourth-order valence-electron chi connectivity index (χ4n) is 2.52. The van der Waals surface area contributed by atoms with Crippen molar-refractivity contribution >= 4 is 17.2 Å². The fraction of sp³-hybridized carbons (Fsp3) is 0.400. The van der Waals surface area contributed by atoms with Crippen LogP contribution in [0.25, 0.3) is 5.69 Å². The smallest absolute Gasteiger partial charge is 0.350 e. The van der Waals surface area contributed by atoms with Gasteiger partial charge in [0.2, 0.25) is 0 Å². The van der Waals surface area contributed by atoms with Crippen molar-refractivity contribution in [2.75, 3.05) is 6.67 Å². The molecule has 0 fully saturated rings. The Morgan fingerprint density at radius 2 is 2.05 bits per heavy atom. The van der Waals surface area contributed by atoms with Crippen molar-refractivity contribution in [3.05, 3.63) is 45.1 Å². The lowest BCUT2D eigenvalue weighted by Gasteiger charge is -2.15. The minimum atomic E-state index is -0.461. The second kappa shape index (κ2) is 6.39. The molecular formula is C15H19FN4OS. The molecule has 0 saturated heterocycles. The number of thiocarbonyl (C=S) groups is 1. The summed E-state index contributed by atoms with van der Waals surface area (Å²) in [5.74, 6) is 0. The lowest BCUT2D eigenvalue weighted by molar-refractivity contribution is 0.443. The molecule has 2 rings (SSSR count). The third-order valence-electron chi connectivity index (χ3n) is 3.80. The van der Waals surface area contributed by atoms with Crippen LogP contribution in [0.15, 0.2) is 17.2 Å². The molecule has 7 heteroatoms. The van der Waals surface area contributed by atoms with Gasteiger partial charge in [0, 0.05) is 12.1 Å². The molecule has 0 radical (unpaired) electrons. The monoisotopic (exact) mass is 322 g/mol. The van der Waals surface area contributed by atoms with Crippen LogP contribution in [-0.4, -0.2) is 26.0 Å². The van der Waals surface area contributed by atoms with Gasteiger partial charge in [-0.2, -0.15) is 9.78 Å². The molecule has 0 atom stereocenters. The van der Waals surface area contributed by atoms with E-state index in [9.17, 15) is 9.18 Å². The topological polar surface area (TPSA) is 65.8 Å². The lowest BCUT2D eigenvalue weighted by Crippen LogP contribution is -2.25. The molecule has 0 bridgehead atoms. The van der Waals surface area contributed by atoms with Gasteiger partial charge in [-0.3, -0.25) is 8.96 Å². The fourth-order valence-corrected chi connectivity index (χ4v) is 2.73. The predicted molar refractivity (Wildman–Crippen MR) is 88.5 cm³/mol. The Hall–Kier alpha value is -2.02. The number of hydrogen-bond donors (Lipinski definition) is 1. The molecule has 0 unspecified atom stereocenters. The number of halogens is 1. The predicted octanol–water partition coefficient (Wildman–Crippen LogP) is 1.95.